The maximum Gasteiger partial charge on any atom is 0.211 e. The molecule has 0 aromatic carbocycles. The van der Waals surface area contributed by atoms with Gasteiger partial charge < -0.3 is 10.8 Å². The van der Waals surface area contributed by atoms with Crippen LogP contribution in [0, 0.1) is 5.92 Å². The van der Waals surface area contributed by atoms with Gasteiger partial charge in [-0.1, -0.05) is 0 Å². The van der Waals surface area contributed by atoms with Crippen molar-refractivity contribution >= 4 is 10.0 Å². The van der Waals surface area contributed by atoms with Gasteiger partial charge in [0.15, 0.2) is 0 Å². The zero-order valence-corrected chi connectivity index (χ0v) is 9.91. The van der Waals surface area contributed by atoms with Crippen LogP contribution in [0.25, 0.3) is 0 Å². The highest BCUT2D eigenvalue weighted by atomic mass is 32.2. The zero-order chi connectivity index (χ0) is 11.5. The Morgan fingerprint density at radius 2 is 2.27 bits per heavy atom. The fourth-order valence-electron chi connectivity index (χ4n) is 2.02. The molecule has 0 aliphatic carbocycles. The van der Waals surface area contributed by atoms with Crippen LogP contribution < -0.4 is 5.73 Å². The monoisotopic (exact) mass is 236 g/mol. The predicted octanol–water partition coefficient (Wildman–Crippen LogP) is -0.632. The first-order chi connectivity index (χ1) is 6.93. The summed E-state index contributed by atoms with van der Waals surface area (Å²) in [5.41, 5.74) is 5.64. The maximum atomic E-state index is 11.3. The van der Waals surface area contributed by atoms with Crippen molar-refractivity contribution in [2.45, 2.75) is 25.3 Å². The third kappa shape index (κ3) is 4.06. The smallest absolute Gasteiger partial charge is 0.211 e. The number of piperidine rings is 1. The molecule has 1 heterocycles. The molecule has 1 fully saturated rings. The lowest BCUT2D eigenvalue weighted by Crippen LogP contribution is -2.41. The summed E-state index contributed by atoms with van der Waals surface area (Å²) in [5.74, 6) is 0.288. The minimum absolute atomic E-state index is 0.0324. The lowest BCUT2D eigenvalue weighted by molar-refractivity contribution is 0.207. The third-order valence-electron chi connectivity index (χ3n) is 2.82. The van der Waals surface area contributed by atoms with E-state index in [1.54, 1.807) is 0 Å². The topological polar surface area (TPSA) is 83.6 Å². The highest BCUT2D eigenvalue weighted by Gasteiger charge is 2.26. The Morgan fingerprint density at radius 3 is 2.80 bits per heavy atom. The van der Waals surface area contributed by atoms with Crippen LogP contribution in [0.2, 0.25) is 0 Å². The van der Waals surface area contributed by atoms with Crippen molar-refractivity contribution in [1.82, 2.24) is 4.31 Å². The Labute approximate surface area is 91.3 Å². The summed E-state index contributed by atoms with van der Waals surface area (Å²) in [6, 6.07) is -0.227. The lowest BCUT2D eigenvalue weighted by atomic mass is 9.93. The summed E-state index contributed by atoms with van der Waals surface area (Å²) in [4.78, 5) is 0. The van der Waals surface area contributed by atoms with Crippen molar-refractivity contribution in [2.75, 3.05) is 26.0 Å². The average Bonchev–Trinajstić information content (AvgIpc) is 2.17. The molecule has 1 saturated heterocycles. The highest BCUT2D eigenvalue weighted by Crippen LogP contribution is 2.22. The molecule has 90 valence electrons. The molecule has 1 aliphatic rings. The van der Waals surface area contributed by atoms with Gasteiger partial charge in [0.25, 0.3) is 0 Å². The fourth-order valence-corrected chi connectivity index (χ4v) is 2.97. The summed E-state index contributed by atoms with van der Waals surface area (Å²) in [7, 11) is -3.07. The molecule has 0 amide bonds. The number of aliphatic hydroxyl groups excluding tert-OH is 1. The van der Waals surface area contributed by atoms with Crippen molar-refractivity contribution in [3.63, 3.8) is 0 Å². The van der Waals surface area contributed by atoms with Crippen LogP contribution in [0.15, 0.2) is 0 Å². The van der Waals surface area contributed by atoms with E-state index in [9.17, 15) is 8.42 Å². The van der Waals surface area contributed by atoms with Crippen molar-refractivity contribution in [3.8, 4) is 0 Å². The summed E-state index contributed by atoms with van der Waals surface area (Å²) < 4.78 is 24.2. The standard InChI is InChI=1S/C9H20N2O3S/c1-15(13,14)11-4-2-3-8(6-11)5-9(10)7-12/h8-9,12H,2-7,10H2,1H3. The van der Waals surface area contributed by atoms with E-state index in [4.69, 9.17) is 10.8 Å². The second-order valence-electron chi connectivity index (χ2n) is 4.31. The molecule has 0 bridgehead atoms. The molecule has 0 aromatic rings. The molecule has 5 nitrogen and oxygen atoms in total. The van der Waals surface area contributed by atoms with Gasteiger partial charge in [0.05, 0.1) is 12.9 Å². The molecule has 0 aromatic heterocycles. The molecule has 0 spiro atoms. The second kappa shape index (κ2) is 5.25. The number of aliphatic hydroxyl groups is 1. The third-order valence-corrected chi connectivity index (χ3v) is 4.09. The highest BCUT2D eigenvalue weighted by molar-refractivity contribution is 7.88. The van der Waals surface area contributed by atoms with E-state index in [1.165, 1.54) is 10.6 Å². The van der Waals surface area contributed by atoms with E-state index in [1.807, 2.05) is 0 Å². The molecule has 1 rings (SSSR count). The van der Waals surface area contributed by atoms with Crippen molar-refractivity contribution in [1.29, 1.82) is 0 Å². The number of rotatable bonds is 4. The molecule has 0 saturated carbocycles. The van der Waals surface area contributed by atoms with Gasteiger partial charge in [0, 0.05) is 19.1 Å². The Bertz CT molecular complexity index is 292. The quantitative estimate of drug-likeness (QED) is 0.680. The zero-order valence-electron chi connectivity index (χ0n) is 9.09. The fraction of sp³-hybridized carbons (Fsp3) is 1.00. The minimum atomic E-state index is -3.07. The number of nitrogens with two attached hydrogens (primary N) is 1. The molecule has 2 atom stereocenters. The normalized spacial score (nSPS) is 26.5. The Morgan fingerprint density at radius 1 is 1.60 bits per heavy atom. The van der Waals surface area contributed by atoms with Gasteiger partial charge in [-0.25, -0.2) is 12.7 Å². The predicted molar refractivity (Wildman–Crippen MR) is 58.8 cm³/mol. The molecule has 0 radical (unpaired) electrons. The molecule has 3 N–H and O–H groups in total. The van der Waals surface area contributed by atoms with Crippen LogP contribution in [-0.4, -0.2) is 49.8 Å². The first-order valence-corrected chi connectivity index (χ1v) is 7.10. The van der Waals surface area contributed by atoms with E-state index in [0.29, 0.717) is 19.5 Å². The van der Waals surface area contributed by atoms with Gasteiger partial charge in [0.2, 0.25) is 10.0 Å². The lowest BCUT2D eigenvalue weighted by Gasteiger charge is -2.31. The number of hydrogen-bond donors (Lipinski definition) is 2. The SMILES string of the molecule is CS(=O)(=O)N1CCCC(CC(N)CO)C1. The van der Waals surface area contributed by atoms with Crippen LogP contribution in [0.1, 0.15) is 19.3 Å². The van der Waals surface area contributed by atoms with Gasteiger partial charge in [-0.05, 0) is 25.2 Å². The minimum Gasteiger partial charge on any atom is -0.395 e. The van der Waals surface area contributed by atoms with E-state index >= 15 is 0 Å². The van der Waals surface area contributed by atoms with Crippen molar-refractivity contribution in [3.05, 3.63) is 0 Å². The van der Waals surface area contributed by atoms with E-state index in [-0.39, 0.29) is 18.6 Å². The number of hydrogen-bond acceptors (Lipinski definition) is 4. The van der Waals surface area contributed by atoms with Gasteiger partial charge in [0.1, 0.15) is 0 Å². The Kier molecular flexibility index (Phi) is 4.51. The Hall–Kier alpha value is -0.170. The van der Waals surface area contributed by atoms with Gasteiger partial charge in [-0.15, -0.1) is 0 Å². The van der Waals surface area contributed by atoms with E-state index in [2.05, 4.69) is 0 Å². The van der Waals surface area contributed by atoms with E-state index < -0.39 is 10.0 Å². The van der Waals surface area contributed by atoms with Crippen LogP contribution in [0.3, 0.4) is 0 Å². The largest absolute Gasteiger partial charge is 0.395 e. The van der Waals surface area contributed by atoms with Crippen molar-refractivity contribution in [2.24, 2.45) is 11.7 Å². The van der Waals surface area contributed by atoms with Gasteiger partial charge in [-0.3, -0.25) is 0 Å². The van der Waals surface area contributed by atoms with Crippen LogP contribution in [0.5, 0.6) is 0 Å². The van der Waals surface area contributed by atoms with Gasteiger partial charge in [-0.2, -0.15) is 0 Å². The number of sulfonamides is 1. The molecule has 6 heteroatoms. The average molecular weight is 236 g/mol. The molecule has 15 heavy (non-hydrogen) atoms. The first-order valence-electron chi connectivity index (χ1n) is 5.25. The second-order valence-corrected chi connectivity index (χ2v) is 6.29. The number of nitrogens with zero attached hydrogens (tertiary/aromatic N) is 1. The molecular weight excluding hydrogens is 216 g/mol. The van der Waals surface area contributed by atoms with Gasteiger partial charge >= 0.3 is 0 Å². The van der Waals surface area contributed by atoms with Crippen LogP contribution >= 0.6 is 0 Å². The first kappa shape index (κ1) is 12.9. The summed E-state index contributed by atoms with van der Waals surface area (Å²) in [5, 5.41) is 8.83. The van der Waals surface area contributed by atoms with Crippen LogP contribution in [0.4, 0.5) is 0 Å². The van der Waals surface area contributed by atoms with Crippen molar-refractivity contribution < 1.29 is 13.5 Å². The molecule has 1 aliphatic heterocycles. The Balaban J connectivity index is 2.49. The molecular formula is C9H20N2O3S. The molecule has 2 unspecified atom stereocenters. The van der Waals surface area contributed by atoms with E-state index in [0.717, 1.165) is 12.8 Å². The summed E-state index contributed by atoms with van der Waals surface area (Å²) in [6.07, 6.45) is 3.82. The maximum absolute atomic E-state index is 11.3. The summed E-state index contributed by atoms with van der Waals surface area (Å²) in [6.45, 7) is 1.13. The van der Waals surface area contributed by atoms with Crippen LogP contribution in [-0.2, 0) is 10.0 Å². The summed E-state index contributed by atoms with van der Waals surface area (Å²) >= 11 is 0.